The van der Waals surface area contributed by atoms with E-state index >= 15 is 0 Å². The Morgan fingerprint density at radius 3 is 2.61 bits per heavy atom. The normalized spacial score (nSPS) is 25.2. The monoisotopic (exact) mass is 308 g/mol. The zero-order valence-electron chi connectivity index (χ0n) is 10.3. The van der Waals surface area contributed by atoms with Gasteiger partial charge in [0.05, 0.1) is 23.6 Å². The van der Waals surface area contributed by atoms with Crippen molar-refractivity contribution in [1.29, 1.82) is 0 Å². The molecule has 1 aromatic rings. The van der Waals surface area contributed by atoms with Crippen molar-refractivity contribution in [1.82, 2.24) is 0 Å². The maximum Gasteiger partial charge on any atom is 0.138 e. The maximum absolute atomic E-state index is 6.47. The van der Waals surface area contributed by atoms with Crippen LogP contribution in [0.25, 0.3) is 0 Å². The molecule has 0 saturated carbocycles. The van der Waals surface area contributed by atoms with Crippen LogP contribution in [0.4, 0.5) is 0 Å². The van der Waals surface area contributed by atoms with E-state index in [2.05, 4.69) is 6.92 Å². The summed E-state index contributed by atoms with van der Waals surface area (Å²) in [5.74, 6) is 0.971. The first-order valence-electron chi connectivity index (χ1n) is 5.83. The fourth-order valence-electron chi connectivity index (χ4n) is 2.18. The van der Waals surface area contributed by atoms with E-state index in [-0.39, 0.29) is 11.5 Å². The summed E-state index contributed by atoms with van der Waals surface area (Å²) in [4.78, 5) is 0. The lowest BCUT2D eigenvalue weighted by Crippen LogP contribution is -2.19. The lowest BCUT2D eigenvalue weighted by Gasteiger charge is -2.22. The molecule has 3 unspecified atom stereocenters. The lowest BCUT2D eigenvalue weighted by atomic mass is 9.97. The highest BCUT2D eigenvalue weighted by Crippen LogP contribution is 2.41. The van der Waals surface area contributed by atoms with Gasteiger partial charge in [0.25, 0.3) is 0 Å². The van der Waals surface area contributed by atoms with Crippen molar-refractivity contribution in [3.05, 3.63) is 27.7 Å². The fraction of sp³-hybridized carbons (Fsp3) is 0.538. The second-order valence-corrected chi connectivity index (χ2v) is 5.80. The van der Waals surface area contributed by atoms with Crippen LogP contribution < -0.4 is 4.74 Å². The zero-order valence-corrected chi connectivity index (χ0v) is 12.5. The summed E-state index contributed by atoms with van der Waals surface area (Å²) in [6.45, 7) is 2.88. The van der Waals surface area contributed by atoms with Crippen LogP contribution in [0, 0.1) is 5.92 Å². The first-order chi connectivity index (χ1) is 8.54. The number of hydrogen-bond acceptors (Lipinski definition) is 2. The Bertz CT molecular complexity index is 436. The predicted octanol–water partition coefficient (Wildman–Crippen LogP) is 4.71. The van der Waals surface area contributed by atoms with Gasteiger partial charge in [-0.1, -0.05) is 30.1 Å². The first kappa shape index (κ1) is 14.3. The Kier molecular flexibility index (Phi) is 4.65. The van der Waals surface area contributed by atoms with Crippen molar-refractivity contribution < 1.29 is 9.47 Å². The van der Waals surface area contributed by atoms with Gasteiger partial charge in [-0.15, -0.1) is 11.6 Å². The number of benzene rings is 1. The third-order valence-electron chi connectivity index (χ3n) is 3.30. The van der Waals surface area contributed by atoms with Crippen LogP contribution in [-0.4, -0.2) is 19.8 Å². The summed E-state index contributed by atoms with van der Waals surface area (Å²) >= 11 is 18.8. The van der Waals surface area contributed by atoms with E-state index in [1.54, 1.807) is 19.2 Å². The zero-order chi connectivity index (χ0) is 13.3. The summed E-state index contributed by atoms with van der Waals surface area (Å²) in [6.07, 6.45) is 1.00. The van der Waals surface area contributed by atoms with Gasteiger partial charge >= 0.3 is 0 Å². The van der Waals surface area contributed by atoms with Crippen molar-refractivity contribution in [2.75, 3.05) is 13.7 Å². The van der Waals surface area contributed by atoms with Crippen LogP contribution in [0.1, 0.15) is 24.3 Å². The standard InChI is InChI=1S/C13H15Cl3O2/c1-7-3-4-18-13(7)12(16)8-5-10(15)11(17-2)6-9(8)14/h5-7,12-13H,3-4H2,1-2H3. The molecule has 0 spiro atoms. The second-order valence-electron chi connectivity index (χ2n) is 4.51. The van der Waals surface area contributed by atoms with Gasteiger partial charge in [0.2, 0.25) is 0 Å². The largest absolute Gasteiger partial charge is 0.495 e. The number of hydrogen-bond donors (Lipinski definition) is 0. The van der Waals surface area contributed by atoms with Crippen LogP contribution in [0.15, 0.2) is 12.1 Å². The number of alkyl halides is 1. The quantitative estimate of drug-likeness (QED) is 0.753. The minimum Gasteiger partial charge on any atom is -0.495 e. The molecule has 1 heterocycles. The molecule has 0 bridgehead atoms. The average molecular weight is 310 g/mol. The number of ether oxygens (including phenoxy) is 2. The molecule has 1 aromatic carbocycles. The number of halogens is 3. The Labute approximate surface area is 122 Å². The Hall–Kier alpha value is -0.150. The topological polar surface area (TPSA) is 18.5 Å². The minimum absolute atomic E-state index is 0.0198. The molecule has 3 atom stereocenters. The predicted molar refractivity (Wildman–Crippen MR) is 75.1 cm³/mol. The van der Waals surface area contributed by atoms with Gasteiger partial charge < -0.3 is 9.47 Å². The van der Waals surface area contributed by atoms with Crippen LogP contribution >= 0.6 is 34.8 Å². The van der Waals surface area contributed by atoms with Gasteiger partial charge in [0.1, 0.15) is 5.75 Å². The molecule has 2 nitrogen and oxygen atoms in total. The molecule has 1 aliphatic heterocycles. The molecule has 1 saturated heterocycles. The molecule has 0 aliphatic carbocycles. The van der Waals surface area contributed by atoms with E-state index in [0.29, 0.717) is 21.7 Å². The van der Waals surface area contributed by atoms with Gasteiger partial charge in [0.15, 0.2) is 0 Å². The number of methoxy groups -OCH3 is 1. The highest BCUT2D eigenvalue weighted by Gasteiger charge is 2.33. The van der Waals surface area contributed by atoms with Crippen molar-refractivity contribution in [3.8, 4) is 5.75 Å². The third-order valence-corrected chi connectivity index (χ3v) is 4.41. The summed E-state index contributed by atoms with van der Waals surface area (Å²) in [7, 11) is 1.55. The molecule has 0 N–H and O–H groups in total. The molecule has 2 rings (SSSR count). The molecular weight excluding hydrogens is 294 g/mol. The van der Waals surface area contributed by atoms with E-state index in [1.165, 1.54) is 0 Å². The Morgan fingerprint density at radius 1 is 1.33 bits per heavy atom. The Morgan fingerprint density at radius 2 is 2.06 bits per heavy atom. The SMILES string of the molecule is COc1cc(Cl)c(C(Cl)C2OCCC2C)cc1Cl. The van der Waals surface area contributed by atoms with Gasteiger partial charge in [0, 0.05) is 17.7 Å². The van der Waals surface area contributed by atoms with Crippen molar-refractivity contribution in [2.45, 2.75) is 24.8 Å². The van der Waals surface area contributed by atoms with E-state index in [0.717, 1.165) is 18.6 Å². The molecule has 0 radical (unpaired) electrons. The van der Waals surface area contributed by atoms with Crippen molar-refractivity contribution in [3.63, 3.8) is 0 Å². The molecule has 1 aliphatic rings. The summed E-state index contributed by atoms with van der Waals surface area (Å²) in [6, 6.07) is 3.45. The van der Waals surface area contributed by atoms with Crippen LogP contribution in [-0.2, 0) is 4.74 Å². The minimum atomic E-state index is -0.293. The molecule has 0 amide bonds. The maximum atomic E-state index is 6.47. The molecule has 100 valence electrons. The first-order valence-corrected chi connectivity index (χ1v) is 7.02. The highest BCUT2D eigenvalue weighted by molar-refractivity contribution is 6.35. The molecule has 1 fully saturated rings. The van der Waals surface area contributed by atoms with Crippen LogP contribution in [0.3, 0.4) is 0 Å². The van der Waals surface area contributed by atoms with E-state index in [1.807, 2.05) is 0 Å². The van der Waals surface area contributed by atoms with E-state index < -0.39 is 0 Å². The second kappa shape index (κ2) is 5.87. The van der Waals surface area contributed by atoms with Gasteiger partial charge in [-0.3, -0.25) is 0 Å². The molecular formula is C13H15Cl3O2. The molecule has 5 heteroatoms. The van der Waals surface area contributed by atoms with E-state index in [4.69, 9.17) is 44.3 Å². The van der Waals surface area contributed by atoms with Crippen LogP contribution in [0.2, 0.25) is 10.0 Å². The average Bonchev–Trinajstić information content (AvgIpc) is 2.77. The van der Waals surface area contributed by atoms with Crippen LogP contribution in [0.5, 0.6) is 5.75 Å². The van der Waals surface area contributed by atoms with Gasteiger partial charge in [-0.25, -0.2) is 0 Å². The third kappa shape index (κ3) is 2.72. The molecule has 18 heavy (non-hydrogen) atoms. The summed E-state index contributed by atoms with van der Waals surface area (Å²) in [5, 5.41) is 0.769. The summed E-state index contributed by atoms with van der Waals surface area (Å²) in [5.41, 5.74) is 0.794. The lowest BCUT2D eigenvalue weighted by molar-refractivity contribution is 0.0903. The van der Waals surface area contributed by atoms with Crippen molar-refractivity contribution in [2.24, 2.45) is 5.92 Å². The van der Waals surface area contributed by atoms with Gasteiger partial charge in [-0.05, 0) is 24.0 Å². The Balaban J connectivity index is 2.30. The van der Waals surface area contributed by atoms with E-state index in [9.17, 15) is 0 Å². The summed E-state index contributed by atoms with van der Waals surface area (Å²) < 4.78 is 10.8. The van der Waals surface area contributed by atoms with Gasteiger partial charge in [-0.2, -0.15) is 0 Å². The van der Waals surface area contributed by atoms with Crippen molar-refractivity contribution >= 4 is 34.8 Å². The highest BCUT2D eigenvalue weighted by atomic mass is 35.5. The number of rotatable bonds is 3. The molecule has 0 aromatic heterocycles. The smallest absolute Gasteiger partial charge is 0.138 e. The fourth-order valence-corrected chi connectivity index (χ4v) is 3.26.